The molecule has 1 heterocycles. The first kappa shape index (κ1) is 15.2. The third-order valence-corrected chi connectivity index (χ3v) is 2.87. The molecule has 0 radical (unpaired) electrons. The zero-order valence-corrected chi connectivity index (χ0v) is 12.4. The third kappa shape index (κ3) is 4.11. The average molecular weight is 293 g/mol. The minimum Gasteiger partial charge on any atom is -0.454 e. The summed E-state index contributed by atoms with van der Waals surface area (Å²) in [7, 11) is 0. The molecule has 0 unspecified atom stereocenters. The highest BCUT2D eigenvalue weighted by Gasteiger charge is 2.21. The lowest BCUT2D eigenvalue weighted by atomic mass is 9.96. The molecule has 1 aromatic rings. The maximum atomic E-state index is 11.7. The molecule has 114 valence electrons. The number of carbonyl (C=O) groups is 2. The quantitative estimate of drug-likeness (QED) is 0.677. The van der Waals surface area contributed by atoms with E-state index < -0.39 is 11.4 Å². The van der Waals surface area contributed by atoms with E-state index in [2.05, 4.69) is 5.32 Å². The molecular weight excluding hydrogens is 274 g/mol. The number of ether oxygens (including phenoxy) is 3. The Hall–Kier alpha value is -2.24. The van der Waals surface area contributed by atoms with Crippen LogP contribution in [0.3, 0.4) is 0 Å². The van der Waals surface area contributed by atoms with Crippen molar-refractivity contribution >= 4 is 11.9 Å². The van der Waals surface area contributed by atoms with Crippen LogP contribution in [0.4, 0.5) is 0 Å². The molecule has 1 N–H and O–H groups in total. The fraction of sp³-hybridized carbons (Fsp3) is 0.467. The molecule has 21 heavy (non-hydrogen) atoms. The van der Waals surface area contributed by atoms with Crippen LogP contribution in [0.15, 0.2) is 18.2 Å². The van der Waals surface area contributed by atoms with E-state index in [-0.39, 0.29) is 25.7 Å². The van der Waals surface area contributed by atoms with Crippen molar-refractivity contribution in [3.05, 3.63) is 18.2 Å². The zero-order valence-electron chi connectivity index (χ0n) is 12.4. The van der Waals surface area contributed by atoms with Gasteiger partial charge in [-0.1, -0.05) is 20.8 Å². The number of hydrogen-bond acceptors (Lipinski definition) is 5. The zero-order chi connectivity index (χ0) is 15.5. The van der Waals surface area contributed by atoms with Gasteiger partial charge in [0.05, 0.1) is 6.42 Å². The second-order valence-electron chi connectivity index (χ2n) is 5.75. The maximum Gasteiger partial charge on any atom is 0.312 e. The highest BCUT2D eigenvalue weighted by Crippen LogP contribution is 2.35. The summed E-state index contributed by atoms with van der Waals surface area (Å²) in [6, 6.07) is 4.93. The Morgan fingerprint density at radius 1 is 1.24 bits per heavy atom. The molecule has 0 spiro atoms. The second kappa shape index (κ2) is 6.03. The van der Waals surface area contributed by atoms with E-state index >= 15 is 0 Å². The molecule has 1 aromatic carbocycles. The summed E-state index contributed by atoms with van der Waals surface area (Å²) in [4.78, 5) is 23.3. The predicted molar refractivity (Wildman–Crippen MR) is 75.3 cm³/mol. The lowest BCUT2D eigenvalue weighted by Crippen LogP contribution is -2.36. The van der Waals surface area contributed by atoms with Crippen molar-refractivity contribution < 1.29 is 23.8 Å². The van der Waals surface area contributed by atoms with Crippen LogP contribution in [-0.4, -0.2) is 25.2 Å². The molecule has 0 saturated heterocycles. The molecule has 0 atom stereocenters. The van der Waals surface area contributed by atoms with Gasteiger partial charge in [-0.25, -0.2) is 0 Å². The summed E-state index contributed by atoms with van der Waals surface area (Å²) < 4.78 is 15.6. The predicted octanol–water partition coefficient (Wildman–Crippen LogP) is 1.87. The van der Waals surface area contributed by atoms with Gasteiger partial charge in [0.2, 0.25) is 12.7 Å². The van der Waals surface area contributed by atoms with Crippen molar-refractivity contribution in [2.45, 2.75) is 27.2 Å². The number of carbonyl (C=O) groups excluding carboxylic acids is 2. The van der Waals surface area contributed by atoms with Gasteiger partial charge in [-0.05, 0) is 12.1 Å². The normalized spacial score (nSPS) is 12.9. The SMILES string of the molecule is CC(C)(C)C(=O)NCCC(=O)Oc1ccc2c(c1)OCO2. The Kier molecular flexibility index (Phi) is 4.35. The molecule has 1 amide bonds. The van der Waals surface area contributed by atoms with Crippen molar-refractivity contribution in [1.82, 2.24) is 5.32 Å². The minimum atomic E-state index is -0.471. The Balaban J connectivity index is 1.79. The Morgan fingerprint density at radius 3 is 2.67 bits per heavy atom. The highest BCUT2D eigenvalue weighted by molar-refractivity contribution is 5.82. The van der Waals surface area contributed by atoms with Gasteiger partial charge in [-0.3, -0.25) is 9.59 Å². The largest absolute Gasteiger partial charge is 0.454 e. The van der Waals surface area contributed by atoms with Crippen LogP contribution in [-0.2, 0) is 9.59 Å². The highest BCUT2D eigenvalue weighted by atomic mass is 16.7. The van der Waals surface area contributed by atoms with Crippen molar-refractivity contribution in [2.24, 2.45) is 5.41 Å². The van der Waals surface area contributed by atoms with Gasteiger partial charge in [-0.15, -0.1) is 0 Å². The number of fused-ring (bicyclic) bond motifs is 1. The van der Waals surface area contributed by atoms with E-state index in [1.54, 1.807) is 18.2 Å². The number of benzene rings is 1. The van der Waals surface area contributed by atoms with E-state index in [1.165, 1.54) is 0 Å². The molecule has 0 fully saturated rings. The number of amides is 1. The maximum absolute atomic E-state index is 11.7. The van der Waals surface area contributed by atoms with Crippen molar-refractivity contribution in [1.29, 1.82) is 0 Å². The first-order chi connectivity index (χ1) is 9.86. The first-order valence-electron chi connectivity index (χ1n) is 6.75. The fourth-order valence-electron chi connectivity index (χ4n) is 1.67. The number of esters is 1. The topological polar surface area (TPSA) is 73.9 Å². The lowest BCUT2D eigenvalue weighted by molar-refractivity contribution is -0.134. The molecule has 0 aliphatic carbocycles. The van der Waals surface area contributed by atoms with Gasteiger partial charge in [0.15, 0.2) is 11.5 Å². The van der Waals surface area contributed by atoms with Gasteiger partial charge in [0, 0.05) is 18.0 Å². The molecule has 1 aliphatic heterocycles. The van der Waals surface area contributed by atoms with E-state index in [9.17, 15) is 9.59 Å². The standard InChI is InChI=1S/C15H19NO5/c1-15(2,3)14(18)16-7-6-13(17)21-10-4-5-11-12(8-10)20-9-19-11/h4-5,8H,6-7,9H2,1-3H3,(H,16,18). The van der Waals surface area contributed by atoms with Gasteiger partial charge in [-0.2, -0.15) is 0 Å². The van der Waals surface area contributed by atoms with Crippen LogP contribution in [0.25, 0.3) is 0 Å². The lowest BCUT2D eigenvalue weighted by Gasteiger charge is -2.17. The van der Waals surface area contributed by atoms with Crippen LogP contribution in [0.5, 0.6) is 17.2 Å². The summed E-state index contributed by atoms with van der Waals surface area (Å²) in [6.07, 6.45) is 0.107. The summed E-state index contributed by atoms with van der Waals surface area (Å²) in [5, 5.41) is 2.70. The summed E-state index contributed by atoms with van der Waals surface area (Å²) in [6.45, 7) is 5.86. The molecule has 0 aromatic heterocycles. The molecule has 6 nitrogen and oxygen atoms in total. The van der Waals surface area contributed by atoms with E-state index in [1.807, 2.05) is 20.8 Å². The van der Waals surface area contributed by atoms with Crippen LogP contribution in [0.1, 0.15) is 27.2 Å². The van der Waals surface area contributed by atoms with Gasteiger partial charge in [0.1, 0.15) is 5.75 Å². The van der Waals surface area contributed by atoms with Crippen LogP contribution < -0.4 is 19.5 Å². The third-order valence-electron chi connectivity index (χ3n) is 2.87. The van der Waals surface area contributed by atoms with E-state index in [0.29, 0.717) is 17.2 Å². The smallest absolute Gasteiger partial charge is 0.312 e. The second-order valence-corrected chi connectivity index (χ2v) is 5.75. The Bertz CT molecular complexity index is 547. The van der Waals surface area contributed by atoms with Crippen molar-refractivity contribution in [2.75, 3.05) is 13.3 Å². The molecule has 0 saturated carbocycles. The monoisotopic (exact) mass is 293 g/mol. The van der Waals surface area contributed by atoms with Gasteiger partial charge < -0.3 is 19.5 Å². The number of rotatable bonds is 4. The van der Waals surface area contributed by atoms with Crippen molar-refractivity contribution in [3.63, 3.8) is 0 Å². The summed E-state index contributed by atoms with van der Waals surface area (Å²) >= 11 is 0. The number of nitrogens with one attached hydrogen (secondary N) is 1. The van der Waals surface area contributed by atoms with E-state index in [0.717, 1.165) is 0 Å². The summed E-state index contributed by atoms with van der Waals surface area (Å²) in [5.74, 6) is 1.07. The van der Waals surface area contributed by atoms with Crippen molar-refractivity contribution in [3.8, 4) is 17.2 Å². The molecular formula is C15H19NO5. The molecule has 6 heteroatoms. The molecule has 2 rings (SSSR count). The first-order valence-corrected chi connectivity index (χ1v) is 6.75. The fourth-order valence-corrected chi connectivity index (χ4v) is 1.67. The van der Waals surface area contributed by atoms with Gasteiger partial charge >= 0.3 is 5.97 Å². The minimum absolute atomic E-state index is 0.0987. The van der Waals surface area contributed by atoms with Crippen LogP contribution in [0.2, 0.25) is 0 Å². The van der Waals surface area contributed by atoms with E-state index in [4.69, 9.17) is 14.2 Å². The summed E-state index contributed by atoms with van der Waals surface area (Å²) in [5.41, 5.74) is -0.471. The van der Waals surface area contributed by atoms with Gasteiger partial charge in [0.25, 0.3) is 0 Å². The molecule has 1 aliphatic rings. The Labute approximate surface area is 123 Å². The number of hydrogen-bond donors (Lipinski definition) is 1. The Morgan fingerprint density at radius 2 is 1.95 bits per heavy atom. The van der Waals surface area contributed by atoms with Crippen LogP contribution >= 0.6 is 0 Å². The average Bonchev–Trinajstić information content (AvgIpc) is 2.84. The van der Waals surface area contributed by atoms with Crippen LogP contribution in [0, 0.1) is 5.41 Å². The molecule has 0 bridgehead atoms.